The minimum atomic E-state index is -0.414. The summed E-state index contributed by atoms with van der Waals surface area (Å²) in [6, 6.07) is 22.9. The van der Waals surface area contributed by atoms with Gasteiger partial charge >= 0.3 is 0 Å². The zero-order valence-electron chi connectivity index (χ0n) is 18.5. The zero-order chi connectivity index (χ0) is 22.9. The highest BCUT2D eigenvalue weighted by atomic mass is 16.5. The summed E-state index contributed by atoms with van der Waals surface area (Å²) in [5.41, 5.74) is 4.40. The van der Waals surface area contributed by atoms with Crippen LogP contribution < -0.4 is 15.0 Å². The number of carbonyl (C=O) groups is 2. The summed E-state index contributed by atoms with van der Waals surface area (Å²) in [6.07, 6.45) is 0.182. The van der Waals surface area contributed by atoms with Crippen molar-refractivity contribution in [3.63, 3.8) is 0 Å². The van der Waals surface area contributed by atoms with Crippen LogP contribution in [0.15, 0.2) is 72.8 Å². The molecular formula is C26H24N4O3. The van der Waals surface area contributed by atoms with Gasteiger partial charge in [0.05, 0.1) is 24.1 Å². The first-order valence-corrected chi connectivity index (χ1v) is 10.8. The number of amides is 2. The molecule has 1 atom stereocenters. The van der Waals surface area contributed by atoms with E-state index in [9.17, 15) is 9.59 Å². The second-order valence-electron chi connectivity index (χ2n) is 8.16. The Morgan fingerprint density at radius 2 is 1.85 bits per heavy atom. The highest BCUT2D eigenvalue weighted by Gasteiger charge is 2.35. The predicted octanol–water partition coefficient (Wildman–Crippen LogP) is 4.24. The van der Waals surface area contributed by atoms with Crippen molar-refractivity contribution in [2.75, 3.05) is 23.9 Å². The maximum Gasteiger partial charge on any atom is 0.229 e. The van der Waals surface area contributed by atoms with E-state index in [-0.39, 0.29) is 18.2 Å². The third-order valence-corrected chi connectivity index (χ3v) is 6.06. The van der Waals surface area contributed by atoms with E-state index in [4.69, 9.17) is 9.72 Å². The smallest absolute Gasteiger partial charge is 0.229 e. The lowest BCUT2D eigenvalue weighted by Gasteiger charge is -2.17. The molecule has 1 fully saturated rings. The number of nitrogens with zero attached hydrogens (tertiary/aromatic N) is 3. The summed E-state index contributed by atoms with van der Waals surface area (Å²) in [5, 5.41) is 2.95. The van der Waals surface area contributed by atoms with Gasteiger partial charge in [0.2, 0.25) is 11.8 Å². The number of imidazole rings is 1. The Balaban J connectivity index is 1.28. The maximum atomic E-state index is 12.9. The van der Waals surface area contributed by atoms with E-state index in [1.54, 1.807) is 18.1 Å². The second kappa shape index (κ2) is 8.43. The Labute approximate surface area is 191 Å². The van der Waals surface area contributed by atoms with Crippen LogP contribution in [0.1, 0.15) is 6.42 Å². The molecule has 1 aliphatic rings. The zero-order valence-corrected chi connectivity index (χ0v) is 18.5. The largest absolute Gasteiger partial charge is 0.497 e. The quantitative estimate of drug-likeness (QED) is 0.504. The molecule has 1 N–H and O–H groups in total. The number of anilines is 2. The van der Waals surface area contributed by atoms with Gasteiger partial charge in [-0.3, -0.25) is 9.59 Å². The molecule has 1 aliphatic heterocycles. The molecule has 33 heavy (non-hydrogen) atoms. The van der Waals surface area contributed by atoms with E-state index in [0.29, 0.717) is 18.0 Å². The number of rotatable bonds is 5. The first kappa shape index (κ1) is 20.8. The van der Waals surface area contributed by atoms with E-state index in [2.05, 4.69) is 9.88 Å². The number of nitrogens with one attached hydrogen (secondary N) is 1. The van der Waals surface area contributed by atoms with Crippen molar-refractivity contribution in [2.45, 2.75) is 6.42 Å². The van der Waals surface area contributed by atoms with Crippen LogP contribution in [0.5, 0.6) is 5.75 Å². The molecule has 0 saturated carbocycles. The fourth-order valence-corrected chi connectivity index (χ4v) is 4.26. The van der Waals surface area contributed by atoms with Crippen LogP contribution in [0.2, 0.25) is 0 Å². The van der Waals surface area contributed by atoms with Crippen molar-refractivity contribution in [2.24, 2.45) is 13.0 Å². The lowest BCUT2D eigenvalue weighted by Crippen LogP contribution is -2.28. The Hall–Kier alpha value is -4.13. The molecular weight excluding hydrogens is 416 g/mol. The van der Waals surface area contributed by atoms with Gasteiger partial charge in [0.15, 0.2) is 0 Å². The number of fused-ring (bicyclic) bond motifs is 1. The Morgan fingerprint density at radius 1 is 1.06 bits per heavy atom. The summed E-state index contributed by atoms with van der Waals surface area (Å²) in [5.74, 6) is 0.895. The molecule has 166 valence electrons. The lowest BCUT2D eigenvalue weighted by molar-refractivity contribution is -0.122. The maximum absolute atomic E-state index is 12.9. The van der Waals surface area contributed by atoms with Crippen LogP contribution in [0.3, 0.4) is 0 Å². The number of aromatic nitrogens is 2. The summed E-state index contributed by atoms with van der Waals surface area (Å²) in [6.45, 7) is 0.343. The number of ether oxygens (including phenoxy) is 1. The molecule has 7 heteroatoms. The minimum absolute atomic E-state index is 0.0689. The normalized spacial score (nSPS) is 15.8. The van der Waals surface area contributed by atoms with Crippen molar-refractivity contribution in [1.82, 2.24) is 9.55 Å². The monoisotopic (exact) mass is 440 g/mol. The van der Waals surface area contributed by atoms with Crippen molar-refractivity contribution >= 4 is 34.2 Å². The molecule has 4 aromatic rings. The average Bonchev–Trinajstić information content (AvgIpc) is 3.40. The van der Waals surface area contributed by atoms with Crippen molar-refractivity contribution < 1.29 is 14.3 Å². The highest BCUT2D eigenvalue weighted by molar-refractivity contribution is 6.03. The summed E-state index contributed by atoms with van der Waals surface area (Å²) in [7, 11) is 3.58. The fraction of sp³-hybridized carbons (Fsp3) is 0.192. The summed E-state index contributed by atoms with van der Waals surface area (Å²) >= 11 is 0. The number of para-hydroxylation sites is 2. The van der Waals surface area contributed by atoms with Gasteiger partial charge in [-0.25, -0.2) is 4.98 Å². The first-order chi connectivity index (χ1) is 16.0. The van der Waals surface area contributed by atoms with Gasteiger partial charge in [-0.1, -0.05) is 18.2 Å². The molecule has 0 radical (unpaired) electrons. The molecule has 0 aliphatic carbocycles. The van der Waals surface area contributed by atoms with Gasteiger partial charge in [-0.15, -0.1) is 0 Å². The Kier molecular flexibility index (Phi) is 5.30. The van der Waals surface area contributed by atoms with Gasteiger partial charge in [0.1, 0.15) is 11.6 Å². The first-order valence-electron chi connectivity index (χ1n) is 10.8. The average molecular weight is 441 g/mol. The van der Waals surface area contributed by atoms with E-state index in [1.165, 1.54) is 0 Å². The Morgan fingerprint density at radius 3 is 2.61 bits per heavy atom. The molecule has 1 unspecified atom stereocenters. The van der Waals surface area contributed by atoms with E-state index < -0.39 is 5.92 Å². The van der Waals surface area contributed by atoms with Gasteiger partial charge in [-0.05, 0) is 48.5 Å². The fourth-order valence-electron chi connectivity index (χ4n) is 4.26. The minimum Gasteiger partial charge on any atom is -0.497 e. The molecule has 1 aromatic heterocycles. The molecule has 0 bridgehead atoms. The lowest BCUT2D eigenvalue weighted by atomic mass is 10.1. The van der Waals surface area contributed by atoms with Crippen molar-refractivity contribution in [3.05, 3.63) is 72.8 Å². The molecule has 2 amide bonds. The van der Waals surface area contributed by atoms with E-state index in [0.717, 1.165) is 28.1 Å². The van der Waals surface area contributed by atoms with Crippen LogP contribution in [-0.4, -0.2) is 35.0 Å². The van der Waals surface area contributed by atoms with Crippen LogP contribution in [0.25, 0.3) is 22.4 Å². The number of methoxy groups -OCH3 is 1. The van der Waals surface area contributed by atoms with Crippen molar-refractivity contribution in [1.29, 1.82) is 0 Å². The highest BCUT2D eigenvalue weighted by Crippen LogP contribution is 2.29. The third kappa shape index (κ3) is 3.93. The van der Waals surface area contributed by atoms with Crippen LogP contribution >= 0.6 is 0 Å². The molecule has 2 heterocycles. The number of carbonyl (C=O) groups excluding carboxylic acids is 2. The third-order valence-electron chi connectivity index (χ3n) is 6.06. The van der Waals surface area contributed by atoms with Gasteiger partial charge in [-0.2, -0.15) is 0 Å². The molecule has 0 spiro atoms. The molecule has 5 rings (SSSR count). The standard InChI is InChI=1S/C26H24N4O3/c1-29-23-9-4-3-8-22(23)28-25(29)17-10-12-19(13-11-17)27-26(32)18-14-24(31)30(16-18)20-6-5-7-21(15-20)33-2/h3-13,15,18H,14,16H2,1-2H3,(H,27,32). The molecule has 3 aromatic carbocycles. The van der Waals surface area contributed by atoms with Crippen LogP contribution in [-0.2, 0) is 16.6 Å². The van der Waals surface area contributed by atoms with Gasteiger partial charge in [0.25, 0.3) is 0 Å². The van der Waals surface area contributed by atoms with Crippen LogP contribution in [0.4, 0.5) is 11.4 Å². The van der Waals surface area contributed by atoms with E-state index >= 15 is 0 Å². The predicted molar refractivity (Wildman–Crippen MR) is 128 cm³/mol. The topological polar surface area (TPSA) is 76.5 Å². The Bertz CT molecular complexity index is 1340. The van der Waals surface area contributed by atoms with Crippen LogP contribution in [0, 0.1) is 5.92 Å². The van der Waals surface area contributed by atoms with Gasteiger partial charge in [0, 0.05) is 43.0 Å². The molecule has 7 nitrogen and oxygen atoms in total. The molecule has 1 saturated heterocycles. The number of hydrogen-bond donors (Lipinski definition) is 1. The number of hydrogen-bond acceptors (Lipinski definition) is 4. The summed E-state index contributed by atoms with van der Waals surface area (Å²) in [4.78, 5) is 31.8. The van der Waals surface area contributed by atoms with Gasteiger partial charge < -0.3 is 19.5 Å². The second-order valence-corrected chi connectivity index (χ2v) is 8.16. The SMILES string of the molecule is COc1cccc(N2CC(C(=O)Nc3ccc(-c4nc5ccccc5n4C)cc3)CC2=O)c1. The number of aryl methyl sites for hydroxylation is 1. The van der Waals surface area contributed by atoms with Crippen molar-refractivity contribution in [3.8, 4) is 17.1 Å². The summed E-state index contributed by atoms with van der Waals surface area (Å²) < 4.78 is 7.30. The van der Waals surface area contributed by atoms with E-state index in [1.807, 2.05) is 73.8 Å². The number of benzene rings is 3.